The van der Waals surface area contributed by atoms with E-state index in [0.717, 1.165) is 23.4 Å². The van der Waals surface area contributed by atoms with Crippen LogP contribution in [0.15, 0.2) is 70.6 Å². The van der Waals surface area contributed by atoms with Gasteiger partial charge in [0.2, 0.25) is 0 Å². The van der Waals surface area contributed by atoms with Crippen molar-refractivity contribution in [2.45, 2.75) is 40.2 Å². The lowest BCUT2D eigenvalue weighted by Gasteiger charge is -2.27. The van der Waals surface area contributed by atoms with Crippen LogP contribution in [0.5, 0.6) is 0 Å². The maximum absolute atomic E-state index is 4.71. The number of hydrogen-bond acceptors (Lipinski definition) is 5. The quantitative estimate of drug-likeness (QED) is 0.831. The molecule has 3 rings (SSSR count). The van der Waals surface area contributed by atoms with Crippen LogP contribution in [0.25, 0.3) is 5.70 Å². The Morgan fingerprint density at radius 2 is 2.08 bits per heavy atom. The van der Waals surface area contributed by atoms with Gasteiger partial charge in [0, 0.05) is 32.0 Å². The summed E-state index contributed by atoms with van der Waals surface area (Å²) in [6.07, 6.45) is 14.1. The van der Waals surface area contributed by atoms with Crippen LogP contribution in [-0.4, -0.2) is 28.0 Å². The number of rotatable bonds is 4. The molecule has 2 aliphatic heterocycles. The highest BCUT2D eigenvalue weighted by Crippen LogP contribution is 2.29. The highest BCUT2D eigenvalue weighted by molar-refractivity contribution is 6.06. The smallest absolute Gasteiger partial charge is 0.198 e. The van der Waals surface area contributed by atoms with E-state index < -0.39 is 0 Å². The molecule has 0 amide bonds. The minimum absolute atomic E-state index is 0. The second kappa shape index (κ2) is 9.40. The predicted octanol–water partition coefficient (Wildman–Crippen LogP) is 4.35. The number of allylic oxidation sites excluding steroid dienone is 2. The van der Waals surface area contributed by atoms with Gasteiger partial charge in [0.15, 0.2) is 5.82 Å². The summed E-state index contributed by atoms with van der Waals surface area (Å²) in [4.78, 5) is 8.80. The van der Waals surface area contributed by atoms with Gasteiger partial charge in [-0.1, -0.05) is 25.7 Å². The second-order valence-electron chi connectivity index (χ2n) is 5.21. The van der Waals surface area contributed by atoms with Crippen molar-refractivity contribution in [3.63, 3.8) is 0 Å². The molecule has 0 spiro atoms. The molecular formula is C20H27N5. The molecule has 0 saturated carbocycles. The second-order valence-corrected chi connectivity index (χ2v) is 5.21. The van der Waals surface area contributed by atoms with Gasteiger partial charge < -0.3 is 5.32 Å². The Kier molecular flexibility index (Phi) is 6.93. The number of nitrogens with zero attached hydrogens (tertiary/aromatic N) is 4. The van der Waals surface area contributed by atoms with Crippen LogP contribution < -0.4 is 5.32 Å². The molecule has 3 heterocycles. The van der Waals surface area contributed by atoms with Crippen molar-refractivity contribution >= 4 is 17.6 Å². The van der Waals surface area contributed by atoms with Crippen LogP contribution in [0.2, 0.25) is 0 Å². The summed E-state index contributed by atoms with van der Waals surface area (Å²) >= 11 is 0. The molecular weight excluding hydrogens is 310 g/mol. The number of hydrazone groups is 1. The Balaban J connectivity index is 0.00000109. The number of hydrogen-bond donors (Lipinski definition) is 1. The summed E-state index contributed by atoms with van der Waals surface area (Å²) in [7, 11) is 0. The van der Waals surface area contributed by atoms with Gasteiger partial charge in [-0.25, -0.2) is 10.0 Å². The highest BCUT2D eigenvalue weighted by atomic mass is 15.5. The molecule has 0 radical (unpaired) electrons. The van der Waals surface area contributed by atoms with Gasteiger partial charge >= 0.3 is 0 Å². The maximum atomic E-state index is 4.71. The van der Waals surface area contributed by atoms with Crippen molar-refractivity contribution in [1.82, 2.24) is 15.3 Å². The van der Waals surface area contributed by atoms with Gasteiger partial charge in [-0.2, -0.15) is 5.10 Å². The first-order chi connectivity index (χ1) is 12.3. The SMILES string of the molecule is C/C=C\NC(C)C1=NC2=C=CCC=NN2C(c2ccncc2)=C1.CC.[HH]. The van der Waals surface area contributed by atoms with Crippen molar-refractivity contribution < 1.29 is 1.43 Å². The third-order valence-electron chi connectivity index (χ3n) is 3.53. The van der Waals surface area contributed by atoms with Crippen LogP contribution in [0.4, 0.5) is 0 Å². The molecule has 0 aliphatic carbocycles. The summed E-state index contributed by atoms with van der Waals surface area (Å²) in [6, 6.07) is 4.04. The summed E-state index contributed by atoms with van der Waals surface area (Å²) in [5.41, 5.74) is 6.19. The average Bonchev–Trinajstić information content (AvgIpc) is 2.93. The lowest BCUT2D eigenvalue weighted by molar-refractivity contribution is 0.516. The molecule has 0 saturated heterocycles. The van der Waals surface area contributed by atoms with Crippen molar-refractivity contribution in [3.8, 4) is 0 Å². The van der Waals surface area contributed by atoms with E-state index in [1.165, 1.54) is 0 Å². The third-order valence-corrected chi connectivity index (χ3v) is 3.53. The van der Waals surface area contributed by atoms with Crippen LogP contribution in [0.3, 0.4) is 0 Å². The van der Waals surface area contributed by atoms with E-state index in [2.05, 4.69) is 34.1 Å². The zero-order valence-electron chi connectivity index (χ0n) is 15.3. The van der Waals surface area contributed by atoms with Crippen LogP contribution in [-0.2, 0) is 0 Å². The van der Waals surface area contributed by atoms with E-state index in [9.17, 15) is 0 Å². The number of aliphatic imine (C=N–C) groups is 1. The molecule has 1 aromatic heterocycles. The number of aromatic nitrogens is 1. The van der Waals surface area contributed by atoms with E-state index in [4.69, 9.17) is 4.99 Å². The van der Waals surface area contributed by atoms with E-state index >= 15 is 0 Å². The van der Waals surface area contributed by atoms with E-state index in [1.807, 2.05) is 62.5 Å². The fraction of sp³-hybridized carbons (Fsp3) is 0.300. The monoisotopic (exact) mass is 337 g/mol. The van der Waals surface area contributed by atoms with Gasteiger partial charge in [0.05, 0.1) is 17.5 Å². The number of pyridine rings is 1. The molecule has 132 valence electrons. The van der Waals surface area contributed by atoms with E-state index in [1.54, 1.807) is 12.4 Å². The number of fused-ring (bicyclic) bond motifs is 1. The Hall–Kier alpha value is -2.91. The molecule has 1 atom stereocenters. The summed E-state index contributed by atoms with van der Waals surface area (Å²) in [6.45, 7) is 8.06. The highest BCUT2D eigenvalue weighted by Gasteiger charge is 2.23. The Bertz CT molecular complexity index is 756. The zero-order chi connectivity index (χ0) is 18.1. The van der Waals surface area contributed by atoms with Crippen molar-refractivity contribution in [2.24, 2.45) is 10.1 Å². The molecule has 0 bridgehead atoms. The van der Waals surface area contributed by atoms with Gasteiger partial charge in [0.1, 0.15) is 0 Å². The first-order valence-corrected chi connectivity index (χ1v) is 8.65. The van der Waals surface area contributed by atoms with Gasteiger partial charge in [-0.15, -0.1) is 0 Å². The Morgan fingerprint density at radius 1 is 1.32 bits per heavy atom. The minimum atomic E-state index is 0. The Labute approximate surface area is 151 Å². The molecule has 1 N–H and O–H groups in total. The topological polar surface area (TPSA) is 52.9 Å². The van der Waals surface area contributed by atoms with Crippen molar-refractivity contribution in [3.05, 3.63) is 66.1 Å². The fourth-order valence-corrected chi connectivity index (χ4v) is 2.34. The predicted molar refractivity (Wildman–Crippen MR) is 107 cm³/mol. The number of nitrogens with one attached hydrogen (secondary N) is 1. The molecule has 5 nitrogen and oxygen atoms in total. The van der Waals surface area contributed by atoms with E-state index in [0.29, 0.717) is 5.82 Å². The van der Waals surface area contributed by atoms with Gasteiger partial charge in [-0.05, 0) is 44.3 Å². The van der Waals surface area contributed by atoms with E-state index in [-0.39, 0.29) is 7.47 Å². The maximum Gasteiger partial charge on any atom is 0.198 e. The molecule has 0 fully saturated rings. The normalized spacial score (nSPS) is 16.8. The molecule has 1 unspecified atom stereocenters. The third kappa shape index (κ3) is 4.55. The first-order valence-electron chi connectivity index (χ1n) is 8.65. The standard InChI is InChI=1S/C18H19N5.C2H6.H2/c1-3-9-20-14(2)16-13-17(15-7-11-19-12-8-15)23-18(22-16)6-4-5-10-21-23;1-2;/h3-4,7-14,20H,5H2,1-2H3;1-2H3;1H/b9-3-;;. The molecule has 2 aliphatic rings. The largest absolute Gasteiger partial charge is 0.383 e. The lowest BCUT2D eigenvalue weighted by atomic mass is 10.1. The lowest BCUT2D eigenvalue weighted by Crippen LogP contribution is -2.32. The molecule has 0 aromatic carbocycles. The van der Waals surface area contributed by atoms with Crippen LogP contribution in [0, 0.1) is 0 Å². The molecule has 5 heteroatoms. The zero-order valence-corrected chi connectivity index (χ0v) is 15.3. The van der Waals surface area contributed by atoms with Gasteiger partial charge in [0.25, 0.3) is 0 Å². The van der Waals surface area contributed by atoms with Gasteiger partial charge in [-0.3, -0.25) is 4.98 Å². The summed E-state index contributed by atoms with van der Waals surface area (Å²) in [5, 5.41) is 9.64. The summed E-state index contributed by atoms with van der Waals surface area (Å²) in [5.74, 6) is 0.706. The van der Waals surface area contributed by atoms with Crippen LogP contribution >= 0.6 is 0 Å². The summed E-state index contributed by atoms with van der Waals surface area (Å²) < 4.78 is 0. The van der Waals surface area contributed by atoms with Crippen LogP contribution in [0.1, 0.15) is 41.1 Å². The average molecular weight is 337 g/mol. The first kappa shape index (κ1) is 18.4. The van der Waals surface area contributed by atoms with Crippen molar-refractivity contribution in [2.75, 3.05) is 0 Å². The molecule has 1 aromatic rings. The Morgan fingerprint density at radius 3 is 2.80 bits per heavy atom. The molecule has 25 heavy (non-hydrogen) atoms. The van der Waals surface area contributed by atoms with Crippen molar-refractivity contribution in [1.29, 1.82) is 0 Å². The minimum Gasteiger partial charge on any atom is -0.383 e. The fourth-order valence-electron chi connectivity index (χ4n) is 2.34.